The van der Waals surface area contributed by atoms with E-state index in [1.54, 1.807) is 43.6 Å². The number of ether oxygens (including phenoxy) is 1. The third-order valence-electron chi connectivity index (χ3n) is 7.04. The van der Waals surface area contributed by atoms with E-state index < -0.39 is 36.0 Å². The maximum absolute atomic E-state index is 14.2. The van der Waals surface area contributed by atoms with Gasteiger partial charge in [0.05, 0.1) is 16.9 Å². The van der Waals surface area contributed by atoms with Crippen molar-refractivity contribution < 1.29 is 18.3 Å². The van der Waals surface area contributed by atoms with Crippen LogP contribution < -0.4 is 5.32 Å². The van der Waals surface area contributed by atoms with E-state index >= 15 is 0 Å². The van der Waals surface area contributed by atoms with Crippen LogP contribution in [0.15, 0.2) is 72.9 Å². The first-order chi connectivity index (χ1) is 18.9. The van der Waals surface area contributed by atoms with Gasteiger partial charge in [-0.2, -0.15) is 9.61 Å². The number of alkyl carbamates (subject to hydrolysis) is 1. The Bertz CT molecular complexity index is 1730. The van der Waals surface area contributed by atoms with Gasteiger partial charge in [0.2, 0.25) is 0 Å². The molecule has 5 aromatic rings. The first kappa shape index (κ1) is 25.9. The molecule has 0 unspecified atom stereocenters. The zero-order valence-electron chi connectivity index (χ0n) is 22.7. The van der Waals surface area contributed by atoms with E-state index in [4.69, 9.17) is 9.72 Å². The highest BCUT2D eigenvalue weighted by Crippen LogP contribution is 2.52. The average molecular weight is 542 g/mol. The first-order valence-corrected chi connectivity index (χ1v) is 13.1. The van der Waals surface area contributed by atoms with E-state index in [2.05, 4.69) is 15.4 Å². The Morgan fingerprint density at radius 2 is 1.70 bits per heavy atom. The average Bonchev–Trinajstić information content (AvgIpc) is 3.27. The van der Waals surface area contributed by atoms with Crippen molar-refractivity contribution in [3.05, 3.63) is 84.2 Å². The van der Waals surface area contributed by atoms with Crippen molar-refractivity contribution in [3.8, 4) is 22.4 Å². The second kappa shape index (κ2) is 9.08. The molecule has 1 amide bonds. The minimum atomic E-state index is -2.87. The normalized spacial score (nSPS) is 16.1. The van der Waals surface area contributed by atoms with Gasteiger partial charge in [0, 0.05) is 41.6 Å². The summed E-state index contributed by atoms with van der Waals surface area (Å²) in [6.45, 7) is 7.11. The lowest BCUT2D eigenvalue weighted by Crippen LogP contribution is -2.60. The molecule has 9 heteroatoms. The molecule has 6 rings (SSSR count). The molecule has 1 saturated carbocycles. The maximum Gasteiger partial charge on any atom is 0.408 e. The van der Waals surface area contributed by atoms with Gasteiger partial charge in [0.1, 0.15) is 5.60 Å². The van der Waals surface area contributed by atoms with Gasteiger partial charge in [-0.3, -0.25) is 0 Å². The number of aryl methyl sites for hydroxylation is 1. The van der Waals surface area contributed by atoms with Crippen molar-refractivity contribution in [1.82, 2.24) is 24.9 Å². The largest absolute Gasteiger partial charge is 0.444 e. The SMILES string of the molecule is Cc1cc2ncc3cc(-c4ccccc4)c(-c4ccc(C5(NC(=O)OC(C)(C)C)CC(F)(F)C5)cc4)nc3n2n1. The molecule has 0 saturated heterocycles. The third-order valence-corrected chi connectivity index (χ3v) is 7.04. The van der Waals surface area contributed by atoms with Gasteiger partial charge in [0.15, 0.2) is 11.3 Å². The minimum absolute atomic E-state index is 0.494. The van der Waals surface area contributed by atoms with Crippen LogP contribution in [-0.4, -0.2) is 37.2 Å². The van der Waals surface area contributed by atoms with Crippen molar-refractivity contribution in [2.45, 2.75) is 57.6 Å². The van der Waals surface area contributed by atoms with E-state index in [0.29, 0.717) is 16.9 Å². The molecule has 1 fully saturated rings. The summed E-state index contributed by atoms with van der Waals surface area (Å²) in [7, 11) is 0. The van der Waals surface area contributed by atoms with E-state index in [1.165, 1.54) is 0 Å². The van der Waals surface area contributed by atoms with Gasteiger partial charge in [0.25, 0.3) is 5.92 Å². The van der Waals surface area contributed by atoms with E-state index in [-0.39, 0.29) is 0 Å². The number of aromatic nitrogens is 4. The van der Waals surface area contributed by atoms with Gasteiger partial charge in [-0.05, 0) is 44.9 Å². The Labute approximate surface area is 230 Å². The molecule has 1 aliphatic rings. The van der Waals surface area contributed by atoms with Crippen molar-refractivity contribution >= 4 is 22.8 Å². The first-order valence-electron chi connectivity index (χ1n) is 13.1. The third kappa shape index (κ3) is 4.76. The van der Waals surface area contributed by atoms with Gasteiger partial charge in [-0.25, -0.2) is 23.5 Å². The maximum atomic E-state index is 14.2. The topological polar surface area (TPSA) is 81.4 Å². The predicted molar refractivity (Wildman–Crippen MR) is 149 cm³/mol. The van der Waals surface area contributed by atoms with Gasteiger partial charge in [-0.15, -0.1) is 0 Å². The van der Waals surface area contributed by atoms with Crippen LogP contribution in [0.25, 0.3) is 39.1 Å². The molecule has 0 bridgehead atoms. The zero-order chi connectivity index (χ0) is 28.3. The molecule has 40 heavy (non-hydrogen) atoms. The van der Waals surface area contributed by atoms with Crippen LogP contribution in [0, 0.1) is 6.92 Å². The number of hydrogen-bond donors (Lipinski definition) is 1. The molecule has 0 aliphatic heterocycles. The summed E-state index contributed by atoms with van der Waals surface area (Å²) in [6, 6.07) is 21.1. The summed E-state index contributed by atoms with van der Waals surface area (Å²) in [5.74, 6) is -2.87. The number of amides is 1. The van der Waals surface area contributed by atoms with Gasteiger partial charge >= 0.3 is 6.09 Å². The second-order valence-corrected chi connectivity index (χ2v) is 11.5. The fourth-order valence-corrected chi connectivity index (χ4v) is 5.35. The molecule has 0 atom stereocenters. The van der Waals surface area contributed by atoms with E-state index in [1.807, 2.05) is 61.5 Å². The number of fused-ring (bicyclic) bond motifs is 3. The van der Waals surface area contributed by atoms with Crippen LogP contribution in [-0.2, 0) is 10.3 Å². The predicted octanol–water partition coefficient (Wildman–Crippen LogP) is 7.07. The number of alkyl halides is 2. The van der Waals surface area contributed by atoms with Crippen LogP contribution >= 0.6 is 0 Å². The molecule has 7 nitrogen and oxygen atoms in total. The number of benzene rings is 2. The van der Waals surface area contributed by atoms with Crippen molar-refractivity contribution in [2.75, 3.05) is 0 Å². The smallest absolute Gasteiger partial charge is 0.408 e. The summed E-state index contributed by atoms with van der Waals surface area (Å²) in [5, 5.41) is 8.14. The van der Waals surface area contributed by atoms with Crippen LogP contribution in [0.4, 0.5) is 13.6 Å². The minimum Gasteiger partial charge on any atom is -0.444 e. The number of carbonyl (C=O) groups is 1. The Morgan fingerprint density at radius 1 is 1.00 bits per heavy atom. The monoisotopic (exact) mass is 541 g/mol. The Hall–Kier alpha value is -4.40. The Balaban J connectivity index is 1.44. The molecular weight excluding hydrogens is 512 g/mol. The van der Waals surface area contributed by atoms with Crippen molar-refractivity contribution in [2.24, 2.45) is 0 Å². The molecule has 0 radical (unpaired) electrons. The van der Waals surface area contributed by atoms with Crippen LogP contribution in [0.5, 0.6) is 0 Å². The lowest BCUT2D eigenvalue weighted by molar-refractivity contribution is -0.136. The summed E-state index contributed by atoms with van der Waals surface area (Å²) < 4.78 is 35.4. The number of nitrogens with one attached hydrogen (secondary N) is 1. The highest BCUT2D eigenvalue weighted by atomic mass is 19.3. The fourth-order valence-electron chi connectivity index (χ4n) is 5.35. The highest BCUT2D eigenvalue weighted by Gasteiger charge is 2.58. The summed E-state index contributed by atoms with van der Waals surface area (Å²) >= 11 is 0. The zero-order valence-corrected chi connectivity index (χ0v) is 22.7. The quantitative estimate of drug-likeness (QED) is 0.263. The van der Waals surface area contributed by atoms with Gasteiger partial charge in [-0.1, -0.05) is 54.6 Å². The standard InChI is InChI=1S/C31H29F2N5O2/c1-19-14-25-34-16-22-15-24(20-8-6-5-7-9-20)26(35-27(22)38(25)37-19)21-10-12-23(13-11-21)30(17-31(32,33)18-30)36-28(39)40-29(2,3)4/h5-16H,17-18H2,1-4H3,(H,36,39). The van der Waals surface area contributed by atoms with E-state index in [9.17, 15) is 13.6 Å². The molecule has 1 aliphatic carbocycles. The molecule has 204 valence electrons. The number of carbonyl (C=O) groups excluding carboxylic acids is 1. The number of pyridine rings is 1. The highest BCUT2D eigenvalue weighted by molar-refractivity contribution is 5.90. The number of nitrogens with zero attached hydrogens (tertiary/aromatic N) is 4. The second-order valence-electron chi connectivity index (χ2n) is 11.5. The molecule has 1 N–H and O–H groups in total. The molecule has 3 aromatic heterocycles. The molecular formula is C31H29F2N5O2. The molecule has 2 aromatic carbocycles. The lowest BCUT2D eigenvalue weighted by atomic mass is 9.69. The Kier molecular flexibility index (Phi) is 5.87. The lowest BCUT2D eigenvalue weighted by Gasteiger charge is -2.48. The molecule has 0 spiro atoms. The number of halogens is 2. The summed E-state index contributed by atoms with van der Waals surface area (Å²) in [5.41, 5.74) is 4.24. The van der Waals surface area contributed by atoms with Crippen molar-refractivity contribution in [1.29, 1.82) is 0 Å². The van der Waals surface area contributed by atoms with E-state index in [0.717, 1.165) is 33.5 Å². The number of hydrogen-bond acceptors (Lipinski definition) is 5. The summed E-state index contributed by atoms with van der Waals surface area (Å²) in [6.07, 6.45) is 0.0834. The van der Waals surface area contributed by atoms with Crippen LogP contribution in [0.3, 0.4) is 0 Å². The van der Waals surface area contributed by atoms with Crippen LogP contribution in [0.1, 0.15) is 44.9 Å². The fraction of sp³-hybridized carbons (Fsp3) is 0.290. The van der Waals surface area contributed by atoms with Gasteiger partial charge < -0.3 is 10.1 Å². The number of rotatable bonds is 4. The van der Waals surface area contributed by atoms with Crippen molar-refractivity contribution in [3.63, 3.8) is 0 Å². The Morgan fingerprint density at radius 3 is 2.35 bits per heavy atom. The molecule has 3 heterocycles. The summed E-state index contributed by atoms with van der Waals surface area (Å²) in [4.78, 5) is 22.2. The van der Waals surface area contributed by atoms with Crippen LogP contribution in [0.2, 0.25) is 0 Å².